The fourth-order valence-corrected chi connectivity index (χ4v) is 4.46. The number of benzene rings is 1. The van der Waals surface area contributed by atoms with Gasteiger partial charge in [-0.1, -0.05) is 18.5 Å². The smallest absolute Gasteiger partial charge is 0.191 e. The average molecular weight is 565 g/mol. The molecule has 3 rings (SSSR count). The van der Waals surface area contributed by atoms with Crippen molar-refractivity contribution >= 4 is 47.2 Å². The molecule has 1 aromatic rings. The summed E-state index contributed by atoms with van der Waals surface area (Å²) in [5, 5.41) is 7.84. The van der Waals surface area contributed by atoms with Crippen molar-refractivity contribution in [3.8, 4) is 5.75 Å². The number of aliphatic imine (C=N–C) groups is 1. The van der Waals surface area contributed by atoms with Crippen LogP contribution in [-0.2, 0) is 0 Å². The normalized spacial score (nSPS) is 21.5. The number of likely N-dealkylation sites (N-methyl/N-ethyl adjacent to an activating group) is 1. The highest BCUT2D eigenvalue weighted by Gasteiger charge is 2.26. The van der Waals surface area contributed by atoms with E-state index in [0.717, 1.165) is 68.1 Å². The van der Waals surface area contributed by atoms with Crippen LogP contribution in [0.5, 0.6) is 5.75 Å². The number of hydrogen-bond acceptors (Lipinski definition) is 5. The van der Waals surface area contributed by atoms with Gasteiger partial charge in [0, 0.05) is 70.0 Å². The molecule has 2 fully saturated rings. The Morgan fingerprint density at radius 1 is 1.26 bits per heavy atom. The third-order valence-electron chi connectivity index (χ3n) is 6.28. The zero-order valence-corrected chi connectivity index (χ0v) is 22.3. The fourth-order valence-electron chi connectivity index (χ4n) is 4.29. The number of hydrogen-bond donors (Lipinski definition) is 2. The molecule has 0 bridgehead atoms. The van der Waals surface area contributed by atoms with Gasteiger partial charge < -0.3 is 25.2 Å². The maximum Gasteiger partial charge on any atom is 0.191 e. The molecule has 2 unspecified atom stereocenters. The monoisotopic (exact) mass is 564 g/mol. The van der Waals surface area contributed by atoms with Crippen molar-refractivity contribution in [2.75, 3.05) is 71.4 Å². The number of nitrogens with zero attached hydrogens (tertiary/aromatic N) is 4. The van der Waals surface area contributed by atoms with E-state index < -0.39 is 0 Å². The van der Waals surface area contributed by atoms with Gasteiger partial charge in [0.2, 0.25) is 0 Å². The highest BCUT2D eigenvalue weighted by Crippen LogP contribution is 2.33. The van der Waals surface area contributed by atoms with Crippen LogP contribution in [0.1, 0.15) is 20.3 Å². The van der Waals surface area contributed by atoms with E-state index in [9.17, 15) is 0 Å². The molecule has 0 spiro atoms. The quantitative estimate of drug-likeness (QED) is 0.302. The summed E-state index contributed by atoms with van der Waals surface area (Å²) >= 11 is 6.21. The Morgan fingerprint density at radius 2 is 2.00 bits per heavy atom. The molecule has 0 amide bonds. The van der Waals surface area contributed by atoms with Gasteiger partial charge in [0.25, 0.3) is 0 Å². The molecule has 2 aliphatic heterocycles. The highest BCUT2D eigenvalue weighted by atomic mass is 127. The lowest BCUT2D eigenvalue weighted by atomic mass is 10.2. The topological polar surface area (TPSA) is 55.4 Å². The second-order valence-electron chi connectivity index (χ2n) is 8.16. The van der Waals surface area contributed by atoms with Gasteiger partial charge in [0.1, 0.15) is 5.75 Å². The molecule has 7 nitrogen and oxygen atoms in total. The molecule has 2 heterocycles. The maximum atomic E-state index is 6.21. The maximum absolute atomic E-state index is 6.21. The summed E-state index contributed by atoms with van der Waals surface area (Å²) in [5.41, 5.74) is 1.05. The number of methoxy groups -OCH3 is 1. The summed E-state index contributed by atoms with van der Waals surface area (Å²) in [6.45, 7) is 13.0. The van der Waals surface area contributed by atoms with Gasteiger partial charge in [0.05, 0.1) is 12.8 Å². The number of rotatable bonds is 7. The fraction of sp³-hybridized carbons (Fsp3) is 0.682. The average Bonchev–Trinajstić information content (AvgIpc) is 3.24. The van der Waals surface area contributed by atoms with Crippen LogP contribution in [-0.4, -0.2) is 94.4 Å². The summed E-state index contributed by atoms with van der Waals surface area (Å²) < 4.78 is 5.52. The lowest BCUT2D eigenvalue weighted by Crippen LogP contribution is -2.53. The number of guanidine groups is 1. The van der Waals surface area contributed by atoms with Gasteiger partial charge in [-0.2, -0.15) is 0 Å². The third-order valence-corrected chi connectivity index (χ3v) is 6.51. The van der Waals surface area contributed by atoms with Gasteiger partial charge in [-0.3, -0.25) is 9.89 Å². The predicted molar refractivity (Wildman–Crippen MR) is 142 cm³/mol. The van der Waals surface area contributed by atoms with Crippen molar-refractivity contribution in [2.24, 2.45) is 4.99 Å². The van der Waals surface area contributed by atoms with Gasteiger partial charge in [-0.05, 0) is 38.1 Å². The second kappa shape index (κ2) is 12.9. The van der Waals surface area contributed by atoms with Crippen LogP contribution >= 0.6 is 35.6 Å². The molecule has 0 aliphatic carbocycles. The van der Waals surface area contributed by atoms with Crippen LogP contribution in [0.4, 0.5) is 5.69 Å². The number of piperazine rings is 1. The van der Waals surface area contributed by atoms with E-state index in [0.29, 0.717) is 12.1 Å². The van der Waals surface area contributed by atoms with Crippen LogP contribution in [0.2, 0.25) is 5.02 Å². The molecule has 1 aromatic carbocycles. The number of nitrogens with one attached hydrogen (secondary N) is 2. The van der Waals surface area contributed by atoms with Crippen molar-refractivity contribution in [2.45, 2.75) is 32.4 Å². The molecule has 2 aliphatic rings. The minimum atomic E-state index is 0. The predicted octanol–water partition coefficient (Wildman–Crippen LogP) is 2.74. The summed E-state index contributed by atoms with van der Waals surface area (Å²) in [6, 6.07) is 6.60. The molecule has 0 aromatic heterocycles. The van der Waals surface area contributed by atoms with Gasteiger partial charge in [-0.15, -0.1) is 24.0 Å². The van der Waals surface area contributed by atoms with Crippen LogP contribution in [0, 0.1) is 0 Å². The van der Waals surface area contributed by atoms with Gasteiger partial charge in [-0.25, -0.2) is 0 Å². The largest absolute Gasteiger partial charge is 0.495 e. The van der Waals surface area contributed by atoms with E-state index in [4.69, 9.17) is 16.3 Å². The Kier molecular flexibility index (Phi) is 10.9. The molecular weight excluding hydrogens is 527 g/mol. The van der Waals surface area contributed by atoms with Crippen LogP contribution < -0.4 is 20.3 Å². The van der Waals surface area contributed by atoms with E-state index in [1.165, 1.54) is 13.1 Å². The van der Waals surface area contributed by atoms with Crippen LogP contribution in [0.3, 0.4) is 0 Å². The zero-order chi connectivity index (χ0) is 21.5. The van der Waals surface area contributed by atoms with E-state index >= 15 is 0 Å². The second-order valence-corrected chi connectivity index (χ2v) is 8.60. The molecule has 176 valence electrons. The molecule has 0 saturated carbocycles. The first-order valence-corrected chi connectivity index (χ1v) is 11.4. The lowest BCUT2D eigenvalue weighted by molar-refractivity contribution is 0.107. The number of halogens is 2. The summed E-state index contributed by atoms with van der Waals surface area (Å²) in [4.78, 5) is 11.8. The standard InChI is InChI=1S/C22H37ClN6O.HI/c1-5-27-10-12-28(13-11-27)17(2)15-25-22(24-3)26-19-8-9-29(16-19)20-14-18(23)6-7-21(20)30-4;/h6-7,14,17,19H,5,8-13,15-16H2,1-4H3,(H2,24,25,26);1H. The van der Waals surface area contributed by atoms with E-state index in [-0.39, 0.29) is 24.0 Å². The molecule has 0 radical (unpaired) electrons. The lowest BCUT2D eigenvalue weighted by Gasteiger charge is -2.37. The summed E-state index contributed by atoms with van der Waals surface area (Å²) in [5.74, 6) is 1.73. The molecule has 2 N–H and O–H groups in total. The minimum Gasteiger partial charge on any atom is -0.495 e. The third kappa shape index (κ3) is 7.27. The molecule has 9 heteroatoms. The first kappa shape index (κ1) is 26.3. The van der Waals surface area contributed by atoms with E-state index in [2.05, 4.69) is 44.2 Å². The van der Waals surface area contributed by atoms with Crippen molar-refractivity contribution in [3.05, 3.63) is 23.2 Å². The first-order valence-electron chi connectivity index (χ1n) is 11.1. The molecule has 2 atom stereocenters. The Labute approximate surface area is 209 Å². The van der Waals surface area contributed by atoms with Crippen molar-refractivity contribution in [1.82, 2.24) is 20.4 Å². The number of ether oxygens (including phenoxy) is 1. The summed E-state index contributed by atoms with van der Waals surface area (Å²) in [7, 11) is 3.54. The Bertz CT molecular complexity index is 713. The Balaban J connectivity index is 0.00000341. The molecular formula is C22H38ClIN6O. The van der Waals surface area contributed by atoms with Crippen molar-refractivity contribution in [1.29, 1.82) is 0 Å². The van der Waals surface area contributed by atoms with E-state index in [1.54, 1.807) is 7.11 Å². The SMILES string of the molecule is CCN1CCN(C(C)CNC(=NC)NC2CCN(c3cc(Cl)ccc3OC)C2)CC1.I. The van der Waals surface area contributed by atoms with Gasteiger partial charge in [0.15, 0.2) is 5.96 Å². The van der Waals surface area contributed by atoms with Crippen molar-refractivity contribution in [3.63, 3.8) is 0 Å². The first-order chi connectivity index (χ1) is 14.5. The molecule has 31 heavy (non-hydrogen) atoms. The van der Waals surface area contributed by atoms with Gasteiger partial charge >= 0.3 is 0 Å². The number of anilines is 1. The highest BCUT2D eigenvalue weighted by molar-refractivity contribution is 14.0. The zero-order valence-electron chi connectivity index (χ0n) is 19.2. The van der Waals surface area contributed by atoms with Crippen molar-refractivity contribution < 1.29 is 4.74 Å². The van der Waals surface area contributed by atoms with Crippen LogP contribution in [0.15, 0.2) is 23.2 Å². The summed E-state index contributed by atoms with van der Waals surface area (Å²) in [6.07, 6.45) is 1.05. The Morgan fingerprint density at radius 3 is 2.65 bits per heavy atom. The molecule has 2 saturated heterocycles. The van der Waals surface area contributed by atoms with E-state index in [1.807, 2.05) is 25.2 Å². The van der Waals surface area contributed by atoms with Crippen LogP contribution in [0.25, 0.3) is 0 Å². The minimum absolute atomic E-state index is 0. The Hall–Kier alpha value is -0.970.